The predicted molar refractivity (Wildman–Crippen MR) is 84.6 cm³/mol. The van der Waals surface area contributed by atoms with Crippen molar-refractivity contribution in [3.05, 3.63) is 63.1 Å². The molecule has 0 unspecified atom stereocenters. The van der Waals surface area contributed by atoms with E-state index in [1.54, 1.807) is 0 Å². The van der Waals surface area contributed by atoms with Crippen molar-refractivity contribution in [3.8, 4) is 5.75 Å². The molecule has 0 fully saturated rings. The van der Waals surface area contributed by atoms with Crippen LogP contribution in [0.5, 0.6) is 5.75 Å². The van der Waals surface area contributed by atoms with Crippen molar-refractivity contribution in [1.29, 1.82) is 0 Å². The van der Waals surface area contributed by atoms with E-state index in [4.69, 9.17) is 4.74 Å². The molecule has 0 aromatic heterocycles. The van der Waals surface area contributed by atoms with Crippen molar-refractivity contribution in [2.24, 2.45) is 0 Å². The van der Waals surface area contributed by atoms with Gasteiger partial charge in [-0.2, -0.15) is 0 Å². The van der Waals surface area contributed by atoms with Crippen LogP contribution in [0.2, 0.25) is 0 Å². The van der Waals surface area contributed by atoms with Gasteiger partial charge in [-0.3, -0.25) is 4.79 Å². The van der Waals surface area contributed by atoms with E-state index < -0.39 is 0 Å². The number of hydrogen-bond donors (Lipinski definition) is 0. The molecule has 20 heavy (non-hydrogen) atoms. The second-order valence-electron chi connectivity index (χ2n) is 4.94. The fourth-order valence-corrected chi connectivity index (χ4v) is 2.42. The number of Topliss-reactive ketones (excluding diaryl/α,β-unsaturated/α-hetero) is 1. The number of halogens is 1. The van der Waals surface area contributed by atoms with Crippen LogP contribution in [0.4, 0.5) is 0 Å². The first-order chi connectivity index (χ1) is 9.47. The minimum atomic E-state index is 0.00174. The van der Waals surface area contributed by atoms with E-state index in [0.717, 1.165) is 32.5 Å². The summed E-state index contributed by atoms with van der Waals surface area (Å²) in [5.41, 5.74) is 3.89. The summed E-state index contributed by atoms with van der Waals surface area (Å²) in [6.45, 7) is 5.98. The number of aryl methyl sites for hydroxylation is 3. The van der Waals surface area contributed by atoms with E-state index in [2.05, 4.69) is 15.9 Å². The lowest BCUT2D eigenvalue weighted by atomic mass is 10.0. The second kappa shape index (κ2) is 6.23. The summed E-state index contributed by atoms with van der Waals surface area (Å²) in [7, 11) is 0. The molecule has 0 saturated carbocycles. The van der Waals surface area contributed by atoms with Gasteiger partial charge in [0.1, 0.15) is 5.75 Å². The van der Waals surface area contributed by atoms with Crippen molar-refractivity contribution >= 4 is 21.7 Å². The Morgan fingerprint density at radius 3 is 2.50 bits per heavy atom. The summed E-state index contributed by atoms with van der Waals surface area (Å²) in [6.07, 6.45) is 0. The zero-order valence-electron chi connectivity index (χ0n) is 11.9. The third kappa shape index (κ3) is 3.48. The van der Waals surface area contributed by atoms with Gasteiger partial charge in [0.05, 0.1) is 0 Å². The Labute approximate surface area is 127 Å². The summed E-state index contributed by atoms with van der Waals surface area (Å²) >= 11 is 3.40. The van der Waals surface area contributed by atoms with Crippen molar-refractivity contribution in [3.63, 3.8) is 0 Å². The maximum atomic E-state index is 12.2. The lowest BCUT2D eigenvalue weighted by molar-refractivity contribution is 0.0920. The fourth-order valence-electron chi connectivity index (χ4n) is 2.08. The Morgan fingerprint density at radius 2 is 1.80 bits per heavy atom. The first-order valence-electron chi connectivity index (χ1n) is 6.47. The number of ketones is 1. The molecule has 0 aliphatic rings. The van der Waals surface area contributed by atoms with Crippen LogP contribution in [0.25, 0.3) is 0 Å². The Morgan fingerprint density at radius 1 is 1.05 bits per heavy atom. The molecule has 0 bridgehead atoms. The summed E-state index contributed by atoms with van der Waals surface area (Å²) < 4.78 is 6.58. The minimum absolute atomic E-state index is 0.00174. The van der Waals surface area contributed by atoms with Gasteiger partial charge in [-0.25, -0.2) is 0 Å². The zero-order chi connectivity index (χ0) is 14.7. The fraction of sp³-hybridized carbons (Fsp3) is 0.235. The summed E-state index contributed by atoms with van der Waals surface area (Å²) in [5.74, 6) is 0.736. The lowest BCUT2D eigenvalue weighted by Gasteiger charge is -2.10. The molecule has 3 heteroatoms. The largest absolute Gasteiger partial charge is 0.485 e. The molecule has 0 saturated heterocycles. The lowest BCUT2D eigenvalue weighted by Crippen LogP contribution is -2.13. The summed E-state index contributed by atoms with van der Waals surface area (Å²) in [4.78, 5) is 12.2. The Kier molecular flexibility index (Phi) is 4.61. The first-order valence-corrected chi connectivity index (χ1v) is 7.26. The van der Waals surface area contributed by atoms with Gasteiger partial charge in [0.2, 0.25) is 0 Å². The van der Waals surface area contributed by atoms with Crippen LogP contribution in [-0.2, 0) is 0 Å². The highest BCUT2D eigenvalue weighted by Gasteiger charge is 2.11. The molecule has 0 N–H and O–H groups in total. The van der Waals surface area contributed by atoms with Gasteiger partial charge < -0.3 is 4.74 Å². The summed E-state index contributed by atoms with van der Waals surface area (Å²) in [6, 6.07) is 11.6. The molecule has 2 aromatic carbocycles. The van der Waals surface area contributed by atoms with E-state index in [1.807, 2.05) is 57.2 Å². The topological polar surface area (TPSA) is 26.3 Å². The van der Waals surface area contributed by atoms with E-state index in [-0.39, 0.29) is 12.4 Å². The van der Waals surface area contributed by atoms with Crippen LogP contribution in [0, 0.1) is 20.8 Å². The number of benzene rings is 2. The van der Waals surface area contributed by atoms with Gasteiger partial charge in [-0.1, -0.05) is 45.8 Å². The van der Waals surface area contributed by atoms with Gasteiger partial charge in [0.25, 0.3) is 0 Å². The predicted octanol–water partition coefficient (Wildman–Crippen LogP) is 4.64. The van der Waals surface area contributed by atoms with Crippen LogP contribution >= 0.6 is 15.9 Å². The highest BCUT2D eigenvalue weighted by molar-refractivity contribution is 9.10. The molecule has 2 aromatic rings. The highest BCUT2D eigenvalue weighted by atomic mass is 79.9. The maximum Gasteiger partial charge on any atom is 0.200 e. The number of carbonyl (C=O) groups is 1. The number of carbonyl (C=O) groups excluding carboxylic acids is 1. The smallest absolute Gasteiger partial charge is 0.200 e. The standard InChI is InChI=1S/C17H17BrO2/c1-11-4-7-15(13(3)8-11)16(19)10-20-17-9-14(18)6-5-12(17)2/h4-9H,10H2,1-3H3. The molecule has 104 valence electrons. The molecule has 0 spiro atoms. The van der Waals surface area contributed by atoms with Crippen LogP contribution in [0.1, 0.15) is 27.0 Å². The van der Waals surface area contributed by atoms with Crippen molar-refractivity contribution in [1.82, 2.24) is 0 Å². The third-order valence-corrected chi connectivity index (χ3v) is 3.68. The molecular weight excluding hydrogens is 316 g/mol. The molecule has 0 heterocycles. The van der Waals surface area contributed by atoms with E-state index in [1.165, 1.54) is 0 Å². The van der Waals surface area contributed by atoms with Gasteiger partial charge in [-0.15, -0.1) is 0 Å². The molecule has 2 nitrogen and oxygen atoms in total. The molecule has 0 atom stereocenters. The number of ether oxygens (including phenoxy) is 1. The highest BCUT2D eigenvalue weighted by Crippen LogP contribution is 2.23. The van der Waals surface area contributed by atoms with Gasteiger partial charge in [-0.05, 0) is 44.0 Å². The van der Waals surface area contributed by atoms with Crippen LogP contribution in [0.15, 0.2) is 40.9 Å². The third-order valence-electron chi connectivity index (χ3n) is 3.19. The molecule has 0 aliphatic heterocycles. The Bertz CT molecular complexity index is 647. The van der Waals surface area contributed by atoms with Crippen molar-refractivity contribution in [2.75, 3.05) is 6.61 Å². The minimum Gasteiger partial charge on any atom is -0.485 e. The SMILES string of the molecule is Cc1ccc(C(=O)COc2cc(Br)ccc2C)c(C)c1. The van der Waals surface area contributed by atoms with Crippen molar-refractivity contribution < 1.29 is 9.53 Å². The number of rotatable bonds is 4. The Hall–Kier alpha value is -1.61. The first kappa shape index (κ1) is 14.8. The molecule has 0 radical (unpaired) electrons. The quantitative estimate of drug-likeness (QED) is 0.762. The van der Waals surface area contributed by atoms with Crippen LogP contribution < -0.4 is 4.74 Å². The maximum absolute atomic E-state index is 12.2. The normalized spacial score (nSPS) is 10.4. The number of hydrogen-bond acceptors (Lipinski definition) is 2. The molecular formula is C17H17BrO2. The zero-order valence-corrected chi connectivity index (χ0v) is 13.5. The van der Waals surface area contributed by atoms with Crippen LogP contribution in [0.3, 0.4) is 0 Å². The summed E-state index contributed by atoms with van der Waals surface area (Å²) in [5, 5.41) is 0. The average Bonchev–Trinajstić information content (AvgIpc) is 2.39. The van der Waals surface area contributed by atoms with E-state index >= 15 is 0 Å². The van der Waals surface area contributed by atoms with E-state index in [0.29, 0.717) is 0 Å². The molecule has 2 rings (SSSR count). The van der Waals surface area contributed by atoms with E-state index in [9.17, 15) is 4.79 Å². The van der Waals surface area contributed by atoms with Gasteiger partial charge in [0, 0.05) is 10.0 Å². The van der Waals surface area contributed by atoms with Gasteiger partial charge >= 0.3 is 0 Å². The second-order valence-corrected chi connectivity index (χ2v) is 5.86. The van der Waals surface area contributed by atoms with Crippen LogP contribution in [-0.4, -0.2) is 12.4 Å². The Balaban J connectivity index is 2.10. The van der Waals surface area contributed by atoms with Gasteiger partial charge in [0.15, 0.2) is 12.4 Å². The monoisotopic (exact) mass is 332 g/mol. The van der Waals surface area contributed by atoms with Crippen molar-refractivity contribution in [2.45, 2.75) is 20.8 Å². The molecule has 0 amide bonds. The average molecular weight is 333 g/mol. The molecule has 0 aliphatic carbocycles.